The van der Waals surface area contributed by atoms with E-state index in [9.17, 15) is 9.50 Å². The predicted octanol–water partition coefficient (Wildman–Crippen LogP) is 3.89. The van der Waals surface area contributed by atoms with Crippen LogP contribution in [0.4, 0.5) is 4.39 Å². The van der Waals surface area contributed by atoms with E-state index in [0.29, 0.717) is 27.6 Å². The molecular formula is C14H9ClFNO3. The Morgan fingerprint density at radius 1 is 1.30 bits per heavy atom. The van der Waals surface area contributed by atoms with Crippen molar-refractivity contribution in [3.8, 4) is 22.8 Å². The smallest absolute Gasteiger partial charge is 0.174 e. The highest BCUT2D eigenvalue weighted by Gasteiger charge is 2.21. The number of hydrogen-bond acceptors (Lipinski definition) is 4. The molecular weight excluding hydrogens is 285 g/mol. The molecule has 0 bridgehead atoms. The minimum atomic E-state index is -0.454. The Morgan fingerprint density at radius 2 is 2.15 bits per heavy atom. The van der Waals surface area contributed by atoms with Gasteiger partial charge in [0.1, 0.15) is 5.82 Å². The summed E-state index contributed by atoms with van der Waals surface area (Å²) < 4.78 is 23.8. The van der Waals surface area contributed by atoms with Crippen molar-refractivity contribution in [3.63, 3.8) is 0 Å². The van der Waals surface area contributed by atoms with Gasteiger partial charge in [-0.25, -0.2) is 4.39 Å². The Bertz CT molecular complexity index is 737. The van der Waals surface area contributed by atoms with E-state index in [4.69, 9.17) is 20.5 Å². The molecule has 0 radical (unpaired) electrons. The van der Waals surface area contributed by atoms with E-state index < -0.39 is 5.82 Å². The second-order valence-electron chi connectivity index (χ2n) is 4.10. The number of furan rings is 1. The molecule has 0 atom stereocenters. The highest BCUT2D eigenvalue weighted by molar-refractivity contribution is 6.33. The molecule has 1 aromatic carbocycles. The first-order valence-corrected chi connectivity index (χ1v) is 6.17. The van der Waals surface area contributed by atoms with E-state index in [1.54, 1.807) is 12.1 Å². The van der Waals surface area contributed by atoms with Gasteiger partial charge in [0, 0.05) is 5.56 Å². The number of rotatable bonds is 3. The molecule has 2 aromatic heterocycles. The number of halogens is 2. The first-order valence-electron chi connectivity index (χ1n) is 5.79. The summed E-state index contributed by atoms with van der Waals surface area (Å²) in [7, 11) is 0. The number of aromatic nitrogens is 1. The molecule has 0 aliphatic rings. The molecule has 4 nitrogen and oxygen atoms in total. The van der Waals surface area contributed by atoms with Crippen molar-refractivity contribution in [3.05, 3.63) is 53.0 Å². The quantitative estimate of drug-likeness (QED) is 0.796. The molecule has 1 N–H and O–H groups in total. The maximum Gasteiger partial charge on any atom is 0.174 e. The van der Waals surface area contributed by atoms with Crippen molar-refractivity contribution >= 4 is 11.6 Å². The summed E-state index contributed by atoms with van der Waals surface area (Å²) in [4.78, 5) is 0. The summed E-state index contributed by atoms with van der Waals surface area (Å²) in [5, 5.41) is 13.7. The van der Waals surface area contributed by atoms with Gasteiger partial charge in [-0.1, -0.05) is 16.8 Å². The maximum atomic E-state index is 13.3. The van der Waals surface area contributed by atoms with E-state index in [-0.39, 0.29) is 12.4 Å². The lowest BCUT2D eigenvalue weighted by Crippen LogP contribution is -1.89. The average Bonchev–Trinajstić information content (AvgIpc) is 3.08. The van der Waals surface area contributed by atoms with Crippen molar-refractivity contribution in [2.24, 2.45) is 0 Å². The number of aliphatic hydroxyl groups is 1. The second kappa shape index (κ2) is 5.11. The van der Waals surface area contributed by atoms with Crippen LogP contribution in [-0.4, -0.2) is 10.3 Å². The van der Waals surface area contributed by atoms with Crippen LogP contribution in [0.2, 0.25) is 5.02 Å². The van der Waals surface area contributed by atoms with Crippen LogP contribution in [0.5, 0.6) is 0 Å². The Kier molecular flexibility index (Phi) is 3.30. The number of hydrogen-bond donors (Lipinski definition) is 1. The Labute approximate surface area is 118 Å². The fourth-order valence-electron chi connectivity index (χ4n) is 1.95. The van der Waals surface area contributed by atoms with Gasteiger partial charge in [-0.3, -0.25) is 0 Å². The van der Waals surface area contributed by atoms with Crippen LogP contribution in [0.25, 0.3) is 22.8 Å². The van der Waals surface area contributed by atoms with Gasteiger partial charge < -0.3 is 14.0 Å². The normalized spacial score (nSPS) is 10.9. The van der Waals surface area contributed by atoms with E-state index in [0.717, 1.165) is 0 Å². The lowest BCUT2D eigenvalue weighted by atomic mass is 10.1. The molecule has 0 saturated heterocycles. The van der Waals surface area contributed by atoms with Crippen LogP contribution in [0.1, 0.15) is 5.56 Å². The van der Waals surface area contributed by atoms with Crippen LogP contribution in [0, 0.1) is 5.82 Å². The predicted molar refractivity (Wildman–Crippen MR) is 70.5 cm³/mol. The average molecular weight is 294 g/mol. The van der Waals surface area contributed by atoms with Crippen molar-refractivity contribution in [1.29, 1.82) is 0 Å². The first kappa shape index (κ1) is 12.9. The zero-order valence-corrected chi connectivity index (χ0v) is 10.9. The monoisotopic (exact) mass is 293 g/mol. The minimum absolute atomic E-state index is 0.225. The minimum Gasteiger partial charge on any atom is -0.463 e. The summed E-state index contributed by atoms with van der Waals surface area (Å²) in [5.74, 6) is 0.226. The molecule has 0 spiro atoms. The van der Waals surface area contributed by atoms with Gasteiger partial charge in [-0.05, 0) is 30.3 Å². The highest BCUT2D eigenvalue weighted by Crippen LogP contribution is 2.36. The molecule has 3 aromatic rings. The lowest BCUT2D eigenvalue weighted by Gasteiger charge is -2.02. The largest absolute Gasteiger partial charge is 0.463 e. The standard InChI is InChI=1S/C14H9ClFNO3/c15-11-4-3-8(16)6-9(11)14-10(7-18)13(17-20-14)12-2-1-5-19-12/h1-6,18H,7H2. The molecule has 102 valence electrons. The molecule has 0 fully saturated rings. The van der Waals surface area contributed by atoms with Gasteiger partial charge in [0.25, 0.3) is 0 Å². The van der Waals surface area contributed by atoms with Crippen molar-refractivity contribution in [1.82, 2.24) is 5.16 Å². The second-order valence-corrected chi connectivity index (χ2v) is 4.51. The number of benzene rings is 1. The van der Waals surface area contributed by atoms with Gasteiger partial charge >= 0.3 is 0 Å². The Hall–Kier alpha value is -2.11. The topological polar surface area (TPSA) is 59.4 Å². The Balaban J connectivity index is 2.18. The summed E-state index contributed by atoms with van der Waals surface area (Å²) >= 11 is 6.03. The first-order chi connectivity index (χ1) is 9.70. The van der Waals surface area contributed by atoms with Gasteiger partial charge in [-0.2, -0.15) is 0 Å². The molecule has 2 heterocycles. The zero-order valence-electron chi connectivity index (χ0n) is 10.1. The lowest BCUT2D eigenvalue weighted by molar-refractivity contribution is 0.281. The van der Waals surface area contributed by atoms with Gasteiger partial charge in [0.2, 0.25) is 0 Å². The summed E-state index contributed by atoms with van der Waals surface area (Å²) in [6.07, 6.45) is 1.49. The molecule has 0 amide bonds. The molecule has 20 heavy (non-hydrogen) atoms. The summed E-state index contributed by atoms with van der Waals surface area (Å²) in [6, 6.07) is 7.28. The van der Waals surface area contributed by atoms with Crippen molar-refractivity contribution in [2.75, 3.05) is 0 Å². The van der Waals surface area contributed by atoms with Gasteiger partial charge in [-0.15, -0.1) is 0 Å². The third-order valence-electron chi connectivity index (χ3n) is 2.87. The van der Waals surface area contributed by atoms with Crippen LogP contribution >= 0.6 is 11.6 Å². The molecule has 0 unspecified atom stereocenters. The van der Waals surface area contributed by atoms with Crippen LogP contribution in [0.15, 0.2) is 45.5 Å². The van der Waals surface area contributed by atoms with Gasteiger partial charge in [0.05, 0.1) is 23.5 Å². The van der Waals surface area contributed by atoms with Crippen LogP contribution in [0.3, 0.4) is 0 Å². The fraction of sp³-hybridized carbons (Fsp3) is 0.0714. The van der Waals surface area contributed by atoms with Crippen molar-refractivity contribution in [2.45, 2.75) is 6.61 Å². The molecule has 0 aliphatic heterocycles. The third kappa shape index (κ3) is 2.11. The number of aliphatic hydroxyl groups excluding tert-OH is 1. The van der Waals surface area contributed by atoms with Gasteiger partial charge in [0.15, 0.2) is 17.2 Å². The Morgan fingerprint density at radius 3 is 2.85 bits per heavy atom. The highest BCUT2D eigenvalue weighted by atomic mass is 35.5. The zero-order chi connectivity index (χ0) is 14.1. The SMILES string of the molecule is OCc1c(-c2ccco2)noc1-c1cc(F)ccc1Cl. The molecule has 0 aliphatic carbocycles. The third-order valence-corrected chi connectivity index (χ3v) is 3.20. The van der Waals surface area contributed by atoms with E-state index in [1.807, 2.05) is 0 Å². The fourth-order valence-corrected chi connectivity index (χ4v) is 2.15. The molecule has 3 rings (SSSR count). The van der Waals surface area contributed by atoms with Crippen molar-refractivity contribution < 1.29 is 18.4 Å². The van der Waals surface area contributed by atoms with E-state index in [2.05, 4.69) is 5.16 Å². The molecule has 0 saturated carbocycles. The van der Waals surface area contributed by atoms with E-state index in [1.165, 1.54) is 24.5 Å². The molecule has 6 heteroatoms. The van der Waals surface area contributed by atoms with Crippen LogP contribution in [-0.2, 0) is 6.61 Å². The van der Waals surface area contributed by atoms with E-state index >= 15 is 0 Å². The maximum absolute atomic E-state index is 13.3. The summed E-state index contributed by atoms with van der Waals surface area (Å²) in [5.41, 5.74) is 1.10. The number of nitrogens with zero attached hydrogens (tertiary/aromatic N) is 1. The van der Waals surface area contributed by atoms with Crippen LogP contribution < -0.4 is 0 Å². The summed E-state index contributed by atoms with van der Waals surface area (Å²) in [6.45, 7) is -0.332.